The number of hydrogen-bond donors (Lipinski definition) is 2. The number of phenols is 1. The van der Waals surface area contributed by atoms with Crippen molar-refractivity contribution in [1.29, 1.82) is 0 Å². The molecule has 0 fully saturated rings. The molecule has 7 heteroatoms. The predicted octanol–water partition coefficient (Wildman–Crippen LogP) is 2.63. The lowest BCUT2D eigenvalue weighted by Crippen LogP contribution is -2.27. The first-order valence-electron chi connectivity index (χ1n) is 4.91. The molecule has 0 spiro atoms. The first-order valence-corrected chi connectivity index (χ1v) is 7.15. The highest BCUT2D eigenvalue weighted by molar-refractivity contribution is 7.89. The lowest BCUT2D eigenvalue weighted by atomic mass is 10.2. The van der Waals surface area contributed by atoms with Crippen LogP contribution in [0.25, 0.3) is 0 Å². The minimum Gasteiger partial charge on any atom is -0.505 e. The van der Waals surface area contributed by atoms with E-state index in [0.29, 0.717) is 0 Å². The zero-order valence-corrected chi connectivity index (χ0v) is 11.7. The van der Waals surface area contributed by atoms with E-state index < -0.39 is 15.8 Å². The molecule has 0 aliphatic heterocycles. The number of hydrogen-bond acceptors (Lipinski definition) is 3. The number of benzene rings is 1. The second kappa shape index (κ2) is 5.44. The Hall–Kier alpha value is -0.490. The van der Waals surface area contributed by atoms with Gasteiger partial charge in [0.15, 0.2) is 5.75 Å². The highest BCUT2D eigenvalue weighted by atomic mass is 35.5. The fourth-order valence-electron chi connectivity index (χ4n) is 1.10. The van der Waals surface area contributed by atoms with Crippen LogP contribution in [-0.2, 0) is 10.0 Å². The van der Waals surface area contributed by atoms with Crippen molar-refractivity contribution < 1.29 is 13.5 Å². The zero-order valence-electron chi connectivity index (χ0n) is 9.37. The van der Waals surface area contributed by atoms with Gasteiger partial charge in [0, 0.05) is 11.6 Å². The molecule has 0 aromatic heterocycles. The largest absolute Gasteiger partial charge is 0.505 e. The summed E-state index contributed by atoms with van der Waals surface area (Å²) in [7, 11) is -3.80. The van der Waals surface area contributed by atoms with Gasteiger partial charge >= 0.3 is 0 Å². The molecule has 0 amide bonds. The van der Waals surface area contributed by atoms with Crippen molar-refractivity contribution in [3.8, 4) is 5.75 Å². The maximum atomic E-state index is 11.9. The lowest BCUT2D eigenvalue weighted by Gasteiger charge is -2.11. The normalized spacial score (nSPS) is 12.1. The number of sulfonamides is 1. The second-order valence-electron chi connectivity index (χ2n) is 3.98. The smallest absolute Gasteiger partial charge is 0.244 e. The third-order valence-corrected chi connectivity index (χ3v) is 3.91. The van der Waals surface area contributed by atoms with Gasteiger partial charge in [0.25, 0.3) is 0 Å². The van der Waals surface area contributed by atoms with Crippen LogP contribution in [0.3, 0.4) is 0 Å². The summed E-state index contributed by atoms with van der Waals surface area (Å²) in [6.07, 6.45) is 0. The fourth-order valence-corrected chi connectivity index (χ4v) is 3.07. The van der Waals surface area contributed by atoms with Crippen LogP contribution in [0.5, 0.6) is 5.75 Å². The van der Waals surface area contributed by atoms with Crippen molar-refractivity contribution >= 4 is 33.2 Å². The summed E-state index contributed by atoms with van der Waals surface area (Å²) in [5, 5.41) is 9.67. The Morgan fingerprint density at radius 2 is 1.94 bits per heavy atom. The Morgan fingerprint density at radius 1 is 1.35 bits per heavy atom. The van der Waals surface area contributed by atoms with Gasteiger partial charge in [0.1, 0.15) is 4.90 Å². The molecule has 0 unspecified atom stereocenters. The van der Waals surface area contributed by atoms with Crippen molar-refractivity contribution in [2.75, 3.05) is 6.54 Å². The SMILES string of the molecule is CC(C)CNS(=O)(=O)c1cc(Cl)cc(Cl)c1O. The monoisotopic (exact) mass is 297 g/mol. The van der Waals surface area contributed by atoms with E-state index in [1.165, 1.54) is 6.07 Å². The molecule has 96 valence electrons. The fraction of sp³-hybridized carbons (Fsp3) is 0.400. The van der Waals surface area contributed by atoms with Gasteiger partial charge in [-0.1, -0.05) is 37.0 Å². The van der Waals surface area contributed by atoms with Gasteiger partial charge in [-0.05, 0) is 18.1 Å². The zero-order chi connectivity index (χ0) is 13.2. The van der Waals surface area contributed by atoms with Crippen molar-refractivity contribution in [3.63, 3.8) is 0 Å². The molecular weight excluding hydrogens is 285 g/mol. The molecule has 0 saturated carbocycles. The van der Waals surface area contributed by atoms with Crippen LogP contribution in [0.15, 0.2) is 17.0 Å². The summed E-state index contributed by atoms with van der Waals surface area (Å²) < 4.78 is 26.1. The molecule has 4 nitrogen and oxygen atoms in total. The second-order valence-corrected chi connectivity index (χ2v) is 6.56. The van der Waals surface area contributed by atoms with E-state index in [-0.39, 0.29) is 27.4 Å². The van der Waals surface area contributed by atoms with E-state index in [4.69, 9.17) is 23.2 Å². The first kappa shape index (κ1) is 14.6. The number of phenolic OH excluding ortho intramolecular Hbond substituents is 1. The molecule has 2 N–H and O–H groups in total. The molecular formula is C10H13Cl2NO3S. The number of aromatic hydroxyl groups is 1. The van der Waals surface area contributed by atoms with Crippen molar-refractivity contribution in [3.05, 3.63) is 22.2 Å². The van der Waals surface area contributed by atoms with Crippen molar-refractivity contribution in [2.24, 2.45) is 5.92 Å². The van der Waals surface area contributed by atoms with Crippen LogP contribution in [-0.4, -0.2) is 20.1 Å². The maximum Gasteiger partial charge on any atom is 0.244 e. The van der Waals surface area contributed by atoms with Crippen molar-refractivity contribution in [1.82, 2.24) is 4.72 Å². The highest BCUT2D eigenvalue weighted by Crippen LogP contribution is 2.33. The standard InChI is InChI=1S/C10H13Cl2NO3S/c1-6(2)5-13-17(15,16)9-4-7(11)3-8(12)10(9)14/h3-4,6,13-14H,5H2,1-2H3. The molecule has 0 heterocycles. The lowest BCUT2D eigenvalue weighted by molar-refractivity contribution is 0.457. The number of rotatable bonds is 4. The van der Waals surface area contributed by atoms with Gasteiger partial charge in [-0.2, -0.15) is 0 Å². The summed E-state index contributed by atoms with van der Waals surface area (Å²) in [4.78, 5) is -0.310. The summed E-state index contributed by atoms with van der Waals surface area (Å²) >= 11 is 11.4. The van der Waals surface area contributed by atoms with E-state index in [9.17, 15) is 13.5 Å². The average Bonchev–Trinajstić information content (AvgIpc) is 2.20. The molecule has 0 atom stereocenters. The third kappa shape index (κ3) is 3.74. The average molecular weight is 298 g/mol. The van der Waals surface area contributed by atoms with E-state index in [0.717, 1.165) is 6.07 Å². The van der Waals surface area contributed by atoms with E-state index in [1.807, 2.05) is 13.8 Å². The van der Waals surface area contributed by atoms with Crippen LogP contribution in [0.4, 0.5) is 0 Å². The maximum absolute atomic E-state index is 11.9. The van der Waals surface area contributed by atoms with E-state index in [1.54, 1.807) is 0 Å². The summed E-state index contributed by atoms with van der Waals surface area (Å²) in [5.41, 5.74) is 0. The summed E-state index contributed by atoms with van der Waals surface area (Å²) in [6.45, 7) is 4.01. The van der Waals surface area contributed by atoms with Gasteiger partial charge in [0.2, 0.25) is 10.0 Å². The van der Waals surface area contributed by atoms with Gasteiger partial charge in [-0.3, -0.25) is 0 Å². The van der Waals surface area contributed by atoms with E-state index in [2.05, 4.69) is 4.72 Å². The third-order valence-electron chi connectivity index (χ3n) is 1.96. The van der Waals surface area contributed by atoms with Crippen LogP contribution in [0.1, 0.15) is 13.8 Å². The van der Waals surface area contributed by atoms with Crippen molar-refractivity contribution in [2.45, 2.75) is 18.7 Å². The van der Waals surface area contributed by atoms with Gasteiger partial charge in [-0.15, -0.1) is 0 Å². The van der Waals surface area contributed by atoms with Crippen LogP contribution in [0, 0.1) is 5.92 Å². The Balaban J connectivity index is 3.15. The molecule has 0 bridgehead atoms. The molecule has 0 aliphatic rings. The van der Waals surface area contributed by atoms with Gasteiger partial charge < -0.3 is 5.11 Å². The van der Waals surface area contributed by atoms with E-state index >= 15 is 0 Å². The Labute approximate surface area is 111 Å². The van der Waals surface area contributed by atoms with Crippen LogP contribution < -0.4 is 4.72 Å². The van der Waals surface area contributed by atoms with Gasteiger partial charge in [0.05, 0.1) is 5.02 Å². The molecule has 1 rings (SSSR count). The topological polar surface area (TPSA) is 66.4 Å². The van der Waals surface area contributed by atoms with Crippen LogP contribution >= 0.6 is 23.2 Å². The molecule has 17 heavy (non-hydrogen) atoms. The molecule has 0 saturated heterocycles. The quantitative estimate of drug-likeness (QED) is 0.898. The molecule has 0 radical (unpaired) electrons. The number of halogens is 2. The molecule has 0 aliphatic carbocycles. The first-order chi connectivity index (χ1) is 7.74. The predicted molar refractivity (Wildman–Crippen MR) is 68.2 cm³/mol. The minimum atomic E-state index is -3.80. The van der Waals surface area contributed by atoms with Crippen LogP contribution in [0.2, 0.25) is 10.0 Å². The summed E-state index contributed by atoms with van der Waals surface area (Å²) in [5.74, 6) is -0.339. The Morgan fingerprint density at radius 3 is 2.47 bits per heavy atom. The molecule has 1 aromatic carbocycles. The summed E-state index contributed by atoms with van der Waals surface area (Å²) in [6, 6.07) is 2.44. The number of nitrogens with one attached hydrogen (secondary N) is 1. The molecule has 1 aromatic rings. The minimum absolute atomic E-state index is 0.0950. The Bertz CT molecular complexity index is 515. The highest BCUT2D eigenvalue weighted by Gasteiger charge is 2.21. The van der Waals surface area contributed by atoms with Gasteiger partial charge in [-0.25, -0.2) is 13.1 Å². The Kier molecular flexibility index (Phi) is 4.66.